The number of halogens is 3. The van der Waals surface area contributed by atoms with Crippen molar-refractivity contribution in [3.63, 3.8) is 0 Å². The molecular formula is C9H11F3O5S. The molecule has 0 spiro atoms. The molecule has 1 atom stereocenters. The minimum atomic E-state index is -5.38. The molecule has 1 aliphatic heterocycles. The SMILES string of the molecule is CCOC(=O)C1CC=C(S(=O)(=O)C(F)(F)F)CO1. The maximum absolute atomic E-state index is 12.2. The van der Waals surface area contributed by atoms with Gasteiger partial charge < -0.3 is 9.47 Å². The molecular weight excluding hydrogens is 277 g/mol. The Bertz CT molecular complexity index is 451. The predicted octanol–water partition coefficient (Wildman–Crippen LogP) is 1.16. The summed E-state index contributed by atoms with van der Waals surface area (Å²) in [5.41, 5.74) is -5.36. The second-order valence-corrected chi connectivity index (χ2v) is 5.40. The largest absolute Gasteiger partial charge is 0.501 e. The minimum Gasteiger partial charge on any atom is -0.464 e. The molecule has 1 rings (SSSR count). The van der Waals surface area contributed by atoms with Gasteiger partial charge in [-0.05, 0) is 6.92 Å². The zero-order valence-electron chi connectivity index (χ0n) is 9.36. The van der Waals surface area contributed by atoms with E-state index in [0.717, 1.165) is 6.08 Å². The van der Waals surface area contributed by atoms with Crippen molar-refractivity contribution < 1.29 is 35.9 Å². The summed E-state index contributed by atoms with van der Waals surface area (Å²) in [6.07, 6.45) is -0.477. The first kappa shape index (κ1) is 15.0. The average Bonchev–Trinajstić information content (AvgIpc) is 2.28. The van der Waals surface area contributed by atoms with Crippen molar-refractivity contribution in [2.24, 2.45) is 0 Å². The number of ether oxygens (including phenoxy) is 2. The average molecular weight is 288 g/mol. The maximum atomic E-state index is 12.2. The maximum Gasteiger partial charge on any atom is 0.501 e. The van der Waals surface area contributed by atoms with E-state index in [1.54, 1.807) is 6.92 Å². The van der Waals surface area contributed by atoms with E-state index in [4.69, 9.17) is 4.74 Å². The van der Waals surface area contributed by atoms with Gasteiger partial charge in [0.15, 0.2) is 6.10 Å². The first-order valence-electron chi connectivity index (χ1n) is 4.98. The van der Waals surface area contributed by atoms with Crippen LogP contribution in [0.2, 0.25) is 0 Å². The molecule has 0 aromatic rings. The van der Waals surface area contributed by atoms with Crippen LogP contribution < -0.4 is 0 Å². The minimum absolute atomic E-state index is 0.107. The Hall–Kier alpha value is -1.09. The molecule has 1 unspecified atom stereocenters. The molecule has 0 aromatic carbocycles. The third kappa shape index (κ3) is 3.02. The van der Waals surface area contributed by atoms with Crippen LogP contribution in [-0.2, 0) is 24.1 Å². The highest BCUT2D eigenvalue weighted by Crippen LogP contribution is 2.31. The lowest BCUT2D eigenvalue weighted by Crippen LogP contribution is -2.34. The van der Waals surface area contributed by atoms with Crippen LogP contribution in [-0.4, -0.2) is 39.2 Å². The van der Waals surface area contributed by atoms with Crippen LogP contribution in [0, 0.1) is 0 Å². The summed E-state index contributed by atoms with van der Waals surface area (Å²) in [6, 6.07) is 0. The van der Waals surface area contributed by atoms with Gasteiger partial charge in [0.1, 0.15) is 0 Å². The molecule has 0 saturated heterocycles. The fourth-order valence-corrected chi connectivity index (χ4v) is 2.12. The Balaban J connectivity index is 2.80. The summed E-state index contributed by atoms with van der Waals surface area (Å²) >= 11 is 0. The lowest BCUT2D eigenvalue weighted by Gasteiger charge is -2.21. The second kappa shape index (κ2) is 5.27. The quantitative estimate of drug-likeness (QED) is 0.729. The Labute approximate surface area is 101 Å². The molecule has 0 saturated carbocycles. The van der Waals surface area contributed by atoms with E-state index in [9.17, 15) is 26.4 Å². The van der Waals surface area contributed by atoms with Crippen LogP contribution >= 0.6 is 0 Å². The number of esters is 1. The van der Waals surface area contributed by atoms with Gasteiger partial charge in [-0.1, -0.05) is 6.08 Å². The predicted molar refractivity (Wildman–Crippen MR) is 54.0 cm³/mol. The van der Waals surface area contributed by atoms with E-state index >= 15 is 0 Å². The van der Waals surface area contributed by atoms with Crippen molar-refractivity contribution in [3.05, 3.63) is 11.0 Å². The zero-order valence-corrected chi connectivity index (χ0v) is 10.2. The lowest BCUT2D eigenvalue weighted by atomic mass is 10.2. The van der Waals surface area contributed by atoms with Crippen molar-refractivity contribution in [1.82, 2.24) is 0 Å². The first-order valence-corrected chi connectivity index (χ1v) is 6.47. The standard InChI is InChI=1S/C9H11F3O5S/c1-2-16-8(13)7-4-3-6(5-17-7)18(14,15)9(10,11)12/h3,7H,2,4-5H2,1H3. The van der Waals surface area contributed by atoms with Crippen molar-refractivity contribution in [2.45, 2.75) is 25.0 Å². The molecule has 9 heteroatoms. The summed E-state index contributed by atoms with van der Waals surface area (Å²) in [5.74, 6) is -0.725. The molecule has 0 fully saturated rings. The van der Waals surface area contributed by atoms with Gasteiger partial charge in [0, 0.05) is 6.42 Å². The molecule has 0 aliphatic carbocycles. The van der Waals surface area contributed by atoms with Gasteiger partial charge in [-0.2, -0.15) is 13.2 Å². The van der Waals surface area contributed by atoms with Crippen LogP contribution in [0.4, 0.5) is 13.2 Å². The van der Waals surface area contributed by atoms with Crippen molar-refractivity contribution in [2.75, 3.05) is 13.2 Å². The fourth-order valence-electron chi connectivity index (χ4n) is 1.28. The third-order valence-corrected chi connectivity index (χ3v) is 3.77. The van der Waals surface area contributed by atoms with Gasteiger partial charge in [0.05, 0.1) is 18.1 Å². The molecule has 1 heterocycles. The first-order chi connectivity index (χ1) is 8.20. The highest BCUT2D eigenvalue weighted by atomic mass is 32.2. The van der Waals surface area contributed by atoms with E-state index in [2.05, 4.69) is 4.74 Å². The lowest BCUT2D eigenvalue weighted by molar-refractivity contribution is -0.156. The van der Waals surface area contributed by atoms with Crippen LogP contribution in [0.1, 0.15) is 13.3 Å². The Morgan fingerprint density at radius 2 is 2.17 bits per heavy atom. The molecule has 0 aromatic heterocycles. The van der Waals surface area contributed by atoms with Gasteiger partial charge in [-0.3, -0.25) is 0 Å². The van der Waals surface area contributed by atoms with Crippen LogP contribution in [0.3, 0.4) is 0 Å². The summed E-state index contributed by atoms with van der Waals surface area (Å²) < 4.78 is 68.1. The van der Waals surface area contributed by atoms with Crippen molar-refractivity contribution in [1.29, 1.82) is 0 Å². The molecule has 0 radical (unpaired) electrons. The van der Waals surface area contributed by atoms with Gasteiger partial charge in [0.2, 0.25) is 0 Å². The molecule has 0 N–H and O–H groups in total. The Kier molecular flexibility index (Phi) is 4.38. The highest BCUT2D eigenvalue weighted by Gasteiger charge is 2.49. The number of hydrogen-bond donors (Lipinski definition) is 0. The van der Waals surface area contributed by atoms with Gasteiger partial charge >= 0.3 is 11.5 Å². The molecule has 5 nitrogen and oxygen atoms in total. The zero-order chi connectivity index (χ0) is 14.0. The number of hydrogen-bond acceptors (Lipinski definition) is 5. The summed E-state index contributed by atoms with van der Waals surface area (Å²) in [5, 5.41) is 0. The smallest absolute Gasteiger partial charge is 0.464 e. The van der Waals surface area contributed by atoms with Gasteiger partial charge in [0.25, 0.3) is 9.84 Å². The van der Waals surface area contributed by atoms with E-state index < -0.39 is 38.9 Å². The summed E-state index contributed by atoms with van der Waals surface area (Å²) in [7, 11) is -5.38. The summed E-state index contributed by atoms with van der Waals surface area (Å²) in [6.45, 7) is 0.886. The van der Waals surface area contributed by atoms with Crippen LogP contribution in [0.5, 0.6) is 0 Å². The van der Waals surface area contributed by atoms with E-state index in [1.165, 1.54) is 0 Å². The van der Waals surface area contributed by atoms with Crippen molar-refractivity contribution >= 4 is 15.8 Å². The van der Waals surface area contributed by atoms with Crippen LogP contribution in [0.15, 0.2) is 11.0 Å². The van der Waals surface area contributed by atoms with Gasteiger partial charge in [-0.25, -0.2) is 13.2 Å². The number of carbonyl (C=O) groups excluding carboxylic acids is 1. The van der Waals surface area contributed by atoms with E-state index in [-0.39, 0.29) is 13.0 Å². The van der Waals surface area contributed by atoms with Crippen LogP contribution in [0.25, 0.3) is 0 Å². The van der Waals surface area contributed by atoms with E-state index in [0.29, 0.717) is 0 Å². The monoisotopic (exact) mass is 288 g/mol. The molecule has 104 valence electrons. The molecule has 1 aliphatic rings. The normalized spacial score (nSPS) is 21.3. The number of alkyl halides is 3. The number of sulfone groups is 1. The van der Waals surface area contributed by atoms with E-state index in [1.807, 2.05) is 0 Å². The topological polar surface area (TPSA) is 69.7 Å². The molecule has 18 heavy (non-hydrogen) atoms. The third-order valence-electron chi connectivity index (χ3n) is 2.19. The Morgan fingerprint density at radius 1 is 1.56 bits per heavy atom. The van der Waals surface area contributed by atoms with Crippen molar-refractivity contribution in [3.8, 4) is 0 Å². The summed E-state index contributed by atoms with van der Waals surface area (Å²) in [4.78, 5) is 10.3. The fraction of sp³-hybridized carbons (Fsp3) is 0.667. The molecule has 0 amide bonds. The second-order valence-electron chi connectivity index (χ2n) is 3.41. The number of carbonyl (C=O) groups is 1. The highest BCUT2D eigenvalue weighted by molar-refractivity contribution is 7.96. The number of rotatable bonds is 3. The van der Waals surface area contributed by atoms with Gasteiger partial charge in [-0.15, -0.1) is 0 Å². The Morgan fingerprint density at radius 3 is 2.56 bits per heavy atom. The molecule has 0 bridgehead atoms.